The fourth-order valence-electron chi connectivity index (χ4n) is 1.30. The maximum absolute atomic E-state index is 5.69. The highest BCUT2D eigenvalue weighted by Crippen LogP contribution is 2.23. The summed E-state index contributed by atoms with van der Waals surface area (Å²) < 4.78 is 0. The summed E-state index contributed by atoms with van der Waals surface area (Å²) in [4.78, 5) is 2.31. The second-order valence-corrected chi connectivity index (χ2v) is 3.70. The zero-order valence-electron chi connectivity index (χ0n) is 7.17. The standard InChI is InChI=1S/C8H18N2/c1-6(2)8-4-10(5-8)7(3)9/h6-8H,4-5,9H2,1-3H3. The molecule has 1 saturated heterocycles. The maximum atomic E-state index is 5.69. The van der Waals surface area contributed by atoms with Crippen molar-refractivity contribution < 1.29 is 0 Å². The smallest absolute Gasteiger partial charge is 0.0542 e. The Kier molecular flexibility index (Phi) is 2.32. The average molecular weight is 142 g/mol. The topological polar surface area (TPSA) is 29.3 Å². The van der Waals surface area contributed by atoms with Gasteiger partial charge in [-0.2, -0.15) is 0 Å². The lowest BCUT2D eigenvalue weighted by Crippen LogP contribution is -2.55. The van der Waals surface area contributed by atoms with Crippen molar-refractivity contribution in [3.63, 3.8) is 0 Å². The summed E-state index contributed by atoms with van der Waals surface area (Å²) in [5.74, 6) is 1.72. The molecule has 2 nitrogen and oxygen atoms in total. The largest absolute Gasteiger partial charge is 0.316 e. The van der Waals surface area contributed by atoms with Gasteiger partial charge in [0.05, 0.1) is 6.17 Å². The molecule has 0 amide bonds. The molecule has 0 aromatic carbocycles. The molecule has 1 aliphatic heterocycles. The molecule has 1 fully saturated rings. The second kappa shape index (κ2) is 2.89. The second-order valence-electron chi connectivity index (χ2n) is 3.70. The summed E-state index contributed by atoms with van der Waals surface area (Å²) in [5.41, 5.74) is 5.69. The summed E-state index contributed by atoms with van der Waals surface area (Å²) in [6, 6.07) is 0. The Morgan fingerprint density at radius 3 is 2.10 bits per heavy atom. The van der Waals surface area contributed by atoms with Crippen LogP contribution in [0.3, 0.4) is 0 Å². The summed E-state index contributed by atoms with van der Waals surface area (Å²) in [7, 11) is 0. The molecule has 0 radical (unpaired) electrons. The van der Waals surface area contributed by atoms with Crippen molar-refractivity contribution in [2.75, 3.05) is 13.1 Å². The van der Waals surface area contributed by atoms with Gasteiger partial charge in [0.1, 0.15) is 0 Å². The Bertz CT molecular complexity index is 91.8. The lowest BCUT2D eigenvalue weighted by Gasteiger charge is -2.43. The monoisotopic (exact) mass is 142 g/mol. The van der Waals surface area contributed by atoms with E-state index in [0.717, 1.165) is 11.8 Å². The van der Waals surface area contributed by atoms with Crippen molar-refractivity contribution >= 4 is 0 Å². The van der Waals surface area contributed by atoms with Gasteiger partial charge in [0.2, 0.25) is 0 Å². The Labute approximate surface area is 63.4 Å². The molecule has 1 atom stereocenters. The molecule has 0 spiro atoms. The first-order chi connectivity index (χ1) is 4.61. The van der Waals surface area contributed by atoms with E-state index in [1.165, 1.54) is 13.1 Å². The molecule has 1 unspecified atom stereocenters. The van der Waals surface area contributed by atoms with E-state index in [1.807, 2.05) is 0 Å². The van der Waals surface area contributed by atoms with E-state index in [0.29, 0.717) is 0 Å². The van der Waals surface area contributed by atoms with Crippen LogP contribution >= 0.6 is 0 Å². The van der Waals surface area contributed by atoms with Crippen LogP contribution in [0.5, 0.6) is 0 Å². The maximum Gasteiger partial charge on any atom is 0.0542 e. The molecule has 0 saturated carbocycles. The van der Waals surface area contributed by atoms with E-state index in [-0.39, 0.29) is 6.17 Å². The fraction of sp³-hybridized carbons (Fsp3) is 1.00. The number of hydrogen-bond donors (Lipinski definition) is 1. The Morgan fingerprint density at radius 1 is 1.30 bits per heavy atom. The molecular weight excluding hydrogens is 124 g/mol. The van der Waals surface area contributed by atoms with Gasteiger partial charge in [-0.15, -0.1) is 0 Å². The van der Waals surface area contributed by atoms with E-state index in [4.69, 9.17) is 5.73 Å². The average Bonchev–Trinajstić information content (AvgIpc) is 1.56. The van der Waals surface area contributed by atoms with Crippen LogP contribution < -0.4 is 5.73 Å². The van der Waals surface area contributed by atoms with Gasteiger partial charge in [0.15, 0.2) is 0 Å². The van der Waals surface area contributed by atoms with Crippen LogP contribution in [-0.2, 0) is 0 Å². The van der Waals surface area contributed by atoms with Crippen molar-refractivity contribution in [2.24, 2.45) is 17.6 Å². The van der Waals surface area contributed by atoms with Crippen LogP contribution in [0, 0.1) is 11.8 Å². The molecule has 1 heterocycles. The minimum atomic E-state index is 0.259. The third-order valence-corrected chi connectivity index (χ3v) is 2.46. The third-order valence-electron chi connectivity index (χ3n) is 2.46. The summed E-state index contributed by atoms with van der Waals surface area (Å²) in [6.45, 7) is 9.02. The van der Waals surface area contributed by atoms with Gasteiger partial charge in [-0.1, -0.05) is 13.8 Å². The predicted molar refractivity (Wildman–Crippen MR) is 43.6 cm³/mol. The highest BCUT2D eigenvalue weighted by atomic mass is 15.3. The van der Waals surface area contributed by atoms with Crippen LogP contribution in [-0.4, -0.2) is 24.2 Å². The molecule has 0 aliphatic carbocycles. The van der Waals surface area contributed by atoms with Crippen molar-refractivity contribution in [2.45, 2.75) is 26.9 Å². The molecule has 1 aliphatic rings. The molecule has 1 rings (SSSR count). The van der Waals surface area contributed by atoms with E-state index < -0.39 is 0 Å². The minimum Gasteiger partial charge on any atom is -0.316 e. The molecule has 2 heteroatoms. The van der Waals surface area contributed by atoms with Gasteiger partial charge in [0.25, 0.3) is 0 Å². The normalized spacial score (nSPS) is 24.9. The van der Waals surface area contributed by atoms with Gasteiger partial charge in [0, 0.05) is 13.1 Å². The van der Waals surface area contributed by atoms with Crippen molar-refractivity contribution in [3.05, 3.63) is 0 Å². The van der Waals surface area contributed by atoms with Crippen LogP contribution in [0.4, 0.5) is 0 Å². The highest BCUT2D eigenvalue weighted by Gasteiger charge is 2.30. The van der Waals surface area contributed by atoms with Gasteiger partial charge < -0.3 is 5.73 Å². The molecular formula is C8H18N2. The van der Waals surface area contributed by atoms with Crippen molar-refractivity contribution in [1.82, 2.24) is 4.90 Å². The Morgan fingerprint density at radius 2 is 1.80 bits per heavy atom. The van der Waals surface area contributed by atoms with Crippen LogP contribution in [0.1, 0.15) is 20.8 Å². The van der Waals surface area contributed by atoms with Gasteiger partial charge in [-0.3, -0.25) is 4.90 Å². The van der Waals surface area contributed by atoms with Gasteiger partial charge >= 0.3 is 0 Å². The van der Waals surface area contributed by atoms with Crippen molar-refractivity contribution in [1.29, 1.82) is 0 Å². The minimum absolute atomic E-state index is 0.259. The predicted octanol–water partition coefficient (Wildman–Crippen LogP) is 0.879. The van der Waals surface area contributed by atoms with Gasteiger partial charge in [-0.05, 0) is 18.8 Å². The van der Waals surface area contributed by atoms with E-state index in [9.17, 15) is 0 Å². The zero-order chi connectivity index (χ0) is 7.72. The lowest BCUT2D eigenvalue weighted by molar-refractivity contribution is 0.0366. The molecule has 2 N–H and O–H groups in total. The number of rotatable bonds is 2. The summed E-state index contributed by atoms with van der Waals surface area (Å²) in [6.07, 6.45) is 0.259. The van der Waals surface area contributed by atoms with Crippen LogP contribution in [0.15, 0.2) is 0 Å². The van der Waals surface area contributed by atoms with Crippen molar-refractivity contribution in [3.8, 4) is 0 Å². The van der Waals surface area contributed by atoms with E-state index >= 15 is 0 Å². The third kappa shape index (κ3) is 1.50. The van der Waals surface area contributed by atoms with E-state index in [1.54, 1.807) is 0 Å². The van der Waals surface area contributed by atoms with Crippen LogP contribution in [0.2, 0.25) is 0 Å². The van der Waals surface area contributed by atoms with E-state index in [2.05, 4.69) is 25.7 Å². The number of nitrogens with two attached hydrogens (primary N) is 1. The molecule has 60 valence electrons. The first-order valence-corrected chi connectivity index (χ1v) is 4.11. The Hall–Kier alpha value is -0.0800. The van der Waals surface area contributed by atoms with Crippen LogP contribution in [0.25, 0.3) is 0 Å². The molecule has 10 heavy (non-hydrogen) atoms. The first kappa shape index (κ1) is 8.02. The first-order valence-electron chi connectivity index (χ1n) is 4.11. The Balaban J connectivity index is 2.18. The quantitative estimate of drug-likeness (QED) is 0.620. The number of hydrogen-bond acceptors (Lipinski definition) is 2. The number of likely N-dealkylation sites (tertiary alicyclic amines) is 1. The van der Waals surface area contributed by atoms with Gasteiger partial charge in [-0.25, -0.2) is 0 Å². The number of nitrogens with zero attached hydrogens (tertiary/aromatic N) is 1. The molecule has 0 aromatic rings. The lowest BCUT2D eigenvalue weighted by atomic mass is 9.88. The molecule has 0 bridgehead atoms. The highest BCUT2D eigenvalue weighted by molar-refractivity contribution is 4.83. The summed E-state index contributed by atoms with van der Waals surface area (Å²) in [5, 5.41) is 0. The summed E-state index contributed by atoms with van der Waals surface area (Å²) >= 11 is 0. The zero-order valence-corrected chi connectivity index (χ0v) is 7.17. The SMILES string of the molecule is CC(C)C1CN(C(C)N)C1. The molecule has 0 aromatic heterocycles. The fourth-order valence-corrected chi connectivity index (χ4v) is 1.30.